The fourth-order valence-corrected chi connectivity index (χ4v) is 6.62. The number of benzene rings is 7. The SMILES string of the molecule is c1ccc(-c2c3ccccc3c(-c3c4oc5ccccc5c4cc4oc5ccccc5c34)c3ccccc23)cc1. The van der Waals surface area contributed by atoms with E-state index in [1.165, 1.54) is 38.2 Å². The predicted octanol–water partition coefficient (Wildman–Crippen LogP) is 11.1. The predicted molar refractivity (Wildman–Crippen MR) is 167 cm³/mol. The minimum atomic E-state index is 0.871. The molecule has 0 saturated heterocycles. The summed E-state index contributed by atoms with van der Waals surface area (Å²) >= 11 is 0. The van der Waals surface area contributed by atoms with Crippen LogP contribution >= 0.6 is 0 Å². The lowest BCUT2D eigenvalue weighted by molar-refractivity contribution is 0.664. The van der Waals surface area contributed by atoms with E-state index in [0.717, 1.165) is 49.4 Å². The minimum absolute atomic E-state index is 0.871. The second-order valence-corrected chi connectivity index (χ2v) is 10.4. The average Bonchev–Trinajstić information content (AvgIpc) is 3.57. The first kappa shape index (κ1) is 21.6. The highest BCUT2D eigenvalue weighted by Crippen LogP contribution is 2.50. The topological polar surface area (TPSA) is 26.3 Å². The Kier molecular flexibility index (Phi) is 4.36. The van der Waals surface area contributed by atoms with Crippen molar-refractivity contribution in [3.05, 3.63) is 133 Å². The molecule has 7 aromatic carbocycles. The van der Waals surface area contributed by atoms with Gasteiger partial charge in [-0.15, -0.1) is 0 Å². The van der Waals surface area contributed by atoms with Crippen molar-refractivity contribution in [1.29, 1.82) is 0 Å². The maximum atomic E-state index is 6.74. The molecule has 2 heterocycles. The molecule has 0 saturated carbocycles. The summed E-state index contributed by atoms with van der Waals surface area (Å²) in [6, 6.07) is 47.0. The molecule has 2 nitrogen and oxygen atoms in total. The molecular formula is C38H22O2. The molecule has 2 aromatic heterocycles. The van der Waals surface area contributed by atoms with Gasteiger partial charge >= 0.3 is 0 Å². The van der Waals surface area contributed by atoms with Crippen molar-refractivity contribution in [2.24, 2.45) is 0 Å². The van der Waals surface area contributed by atoms with Gasteiger partial charge in [0.15, 0.2) is 0 Å². The van der Waals surface area contributed by atoms with Crippen LogP contribution < -0.4 is 0 Å². The maximum absolute atomic E-state index is 6.74. The quantitative estimate of drug-likeness (QED) is 0.216. The molecule has 9 aromatic rings. The van der Waals surface area contributed by atoms with E-state index in [1.807, 2.05) is 24.3 Å². The van der Waals surface area contributed by atoms with Gasteiger partial charge in [-0.3, -0.25) is 0 Å². The van der Waals surface area contributed by atoms with E-state index in [2.05, 4.69) is 109 Å². The van der Waals surface area contributed by atoms with Gasteiger partial charge in [0.05, 0.1) is 0 Å². The monoisotopic (exact) mass is 510 g/mol. The molecule has 0 aliphatic rings. The van der Waals surface area contributed by atoms with Gasteiger partial charge in [0, 0.05) is 32.7 Å². The van der Waals surface area contributed by atoms with Gasteiger partial charge in [-0.1, -0.05) is 115 Å². The Morgan fingerprint density at radius 3 is 1.48 bits per heavy atom. The highest BCUT2D eigenvalue weighted by Gasteiger charge is 2.25. The summed E-state index contributed by atoms with van der Waals surface area (Å²) in [7, 11) is 0. The molecular weight excluding hydrogens is 488 g/mol. The van der Waals surface area contributed by atoms with Gasteiger partial charge in [-0.25, -0.2) is 0 Å². The first-order valence-electron chi connectivity index (χ1n) is 13.6. The van der Waals surface area contributed by atoms with Gasteiger partial charge < -0.3 is 8.83 Å². The zero-order chi connectivity index (χ0) is 26.2. The van der Waals surface area contributed by atoms with Crippen molar-refractivity contribution >= 4 is 65.4 Å². The zero-order valence-electron chi connectivity index (χ0n) is 21.5. The van der Waals surface area contributed by atoms with Crippen molar-refractivity contribution < 1.29 is 8.83 Å². The van der Waals surface area contributed by atoms with Crippen molar-refractivity contribution in [3.63, 3.8) is 0 Å². The van der Waals surface area contributed by atoms with E-state index < -0.39 is 0 Å². The Morgan fingerprint density at radius 1 is 0.325 bits per heavy atom. The third kappa shape index (κ3) is 2.88. The van der Waals surface area contributed by atoms with E-state index in [-0.39, 0.29) is 0 Å². The van der Waals surface area contributed by atoms with Crippen LogP contribution in [0.1, 0.15) is 0 Å². The fourth-order valence-electron chi connectivity index (χ4n) is 6.62. The number of hydrogen-bond donors (Lipinski definition) is 0. The lowest BCUT2D eigenvalue weighted by Crippen LogP contribution is -1.91. The van der Waals surface area contributed by atoms with Crippen LogP contribution in [-0.4, -0.2) is 0 Å². The van der Waals surface area contributed by atoms with Gasteiger partial charge in [0.2, 0.25) is 0 Å². The van der Waals surface area contributed by atoms with Crippen molar-refractivity contribution in [2.45, 2.75) is 0 Å². The molecule has 9 rings (SSSR count). The molecule has 0 amide bonds. The summed E-state index contributed by atoms with van der Waals surface area (Å²) in [6.45, 7) is 0. The average molecular weight is 511 g/mol. The molecule has 2 heteroatoms. The van der Waals surface area contributed by atoms with Crippen molar-refractivity contribution in [3.8, 4) is 22.3 Å². The molecule has 0 fully saturated rings. The van der Waals surface area contributed by atoms with Crippen LogP contribution in [0.25, 0.3) is 87.7 Å². The number of hydrogen-bond acceptors (Lipinski definition) is 2. The standard InChI is InChI=1S/C38H22O2/c1-2-12-23(13-3-1)34-25-15-4-6-17-27(25)35(28-18-7-5-16-26(28)34)37-36-29-19-9-11-21-32(29)39-33(36)22-30-24-14-8-10-20-31(24)40-38(30)37/h1-22H. The van der Waals surface area contributed by atoms with Crippen LogP contribution in [0, 0.1) is 0 Å². The Bertz CT molecular complexity index is 2360. The Labute approximate surface area is 229 Å². The lowest BCUT2D eigenvalue weighted by atomic mass is 9.84. The number of furan rings is 2. The Hall–Kier alpha value is -5.34. The molecule has 0 aliphatic heterocycles. The van der Waals surface area contributed by atoms with Gasteiger partial charge in [0.25, 0.3) is 0 Å². The minimum Gasteiger partial charge on any atom is -0.456 e. The maximum Gasteiger partial charge on any atom is 0.144 e. The summed E-state index contributed by atoms with van der Waals surface area (Å²) in [5, 5.41) is 9.17. The van der Waals surface area contributed by atoms with Crippen LogP contribution in [0.5, 0.6) is 0 Å². The van der Waals surface area contributed by atoms with E-state index in [4.69, 9.17) is 8.83 Å². The summed E-state index contributed by atoms with van der Waals surface area (Å²) in [4.78, 5) is 0. The van der Waals surface area contributed by atoms with Crippen molar-refractivity contribution in [2.75, 3.05) is 0 Å². The largest absolute Gasteiger partial charge is 0.456 e. The van der Waals surface area contributed by atoms with E-state index in [9.17, 15) is 0 Å². The fraction of sp³-hybridized carbons (Fsp3) is 0. The molecule has 0 unspecified atom stereocenters. The summed E-state index contributed by atoms with van der Waals surface area (Å²) in [6.07, 6.45) is 0. The highest BCUT2D eigenvalue weighted by atomic mass is 16.3. The molecule has 0 N–H and O–H groups in total. The first-order chi connectivity index (χ1) is 19.9. The van der Waals surface area contributed by atoms with Crippen molar-refractivity contribution in [1.82, 2.24) is 0 Å². The van der Waals surface area contributed by atoms with Gasteiger partial charge in [-0.05, 0) is 50.9 Å². The van der Waals surface area contributed by atoms with Crippen LogP contribution in [0.3, 0.4) is 0 Å². The third-order valence-corrected chi connectivity index (χ3v) is 8.25. The summed E-state index contributed by atoms with van der Waals surface area (Å²) in [5.74, 6) is 0. The van der Waals surface area contributed by atoms with E-state index in [1.54, 1.807) is 0 Å². The normalized spacial score (nSPS) is 12.0. The van der Waals surface area contributed by atoms with Crippen LogP contribution in [-0.2, 0) is 0 Å². The van der Waals surface area contributed by atoms with Crippen LogP contribution in [0.15, 0.2) is 142 Å². The Balaban J connectivity index is 1.58. The molecule has 0 aliphatic carbocycles. The number of rotatable bonds is 2. The van der Waals surface area contributed by atoms with Gasteiger partial charge in [-0.2, -0.15) is 0 Å². The molecule has 0 bridgehead atoms. The molecule has 0 radical (unpaired) electrons. The van der Waals surface area contributed by atoms with Crippen LogP contribution in [0.2, 0.25) is 0 Å². The summed E-state index contributed by atoms with van der Waals surface area (Å²) in [5.41, 5.74) is 8.24. The lowest BCUT2D eigenvalue weighted by Gasteiger charge is -2.18. The van der Waals surface area contributed by atoms with Crippen LogP contribution in [0.4, 0.5) is 0 Å². The zero-order valence-corrected chi connectivity index (χ0v) is 21.5. The molecule has 40 heavy (non-hydrogen) atoms. The Morgan fingerprint density at radius 2 is 0.825 bits per heavy atom. The smallest absolute Gasteiger partial charge is 0.144 e. The molecule has 0 atom stereocenters. The number of fused-ring (bicyclic) bond motifs is 8. The summed E-state index contributed by atoms with van der Waals surface area (Å²) < 4.78 is 13.3. The second-order valence-electron chi connectivity index (χ2n) is 10.4. The van der Waals surface area contributed by atoms with E-state index >= 15 is 0 Å². The second kappa shape index (κ2) is 8.08. The number of para-hydroxylation sites is 2. The van der Waals surface area contributed by atoms with Gasteiger partial charge in [0.1, 0.15) is 22.3 Å². The van der Waals surface area contributed by atoms with E-state index in [0.29, 0.717) is 0 Å². The molecule has 186 valence electrons. The third-order valence-electron chi connectivity index (χ3n) is 8.25. The highest BCUT2D eigenvalue weighted by molar-refractivity contribution is 6.31. The first-order valence-corrected chi connectivity index (χ1v) is 13.6. The molecule has 0 spiro atoms.